The van der Waals surface area contributed by atoms with E-state index < -0.39 is 5.97 Å². The number of carbonyl (C=O) groups is 1. The molecule has 0 aromatic heterocycles. The maximum atomic E-state index is 14.0. The molecule has 0 aliphatic heterocycles. The SMILES string of the molecule is CC(C)C1CCC(C(=O)O)C(Cc2ccc(Br)cc2F)C1. The van der Waals surface area contributed by atoms with Gasteiger partial charge in [0.1, 0.15) is 5.82 Å². The van der Waals surface area contributed by atoms with Gasteiger partial charge in [-0.25, -0.2) is 4.39 Å². The fraction of sp³-hybridized carbons (Fsp3) is 0.588. The molecule has 0 saturated heterocycles. The molecule has 0 spiro atoms. The molecule has 116 valence electrons. The van der Waals surface area contributed by atoms with Crippen molar-refractivity contribution in [3.8, 4) is 0 Å². The minimum atomic E-state index is -0.736. The largest absolute Gasteiger partial charge is 0.481 e. The maximum absolute atomic E-state index is 14.0. The Labute approximate surface area is 133 Å². The quantitative estimate of drug-likeness (QED) is 0.832. The van der Waals surface area contributed by atoms with Crippen LogP contribution in [0.15, 0.2) is 22.7 Å². The first-order chi connectivity index (χ1) is 9.88. The average Bonchev–Trinajstić information content (AvgIpc) is 2.41. The molecule has 4 heteroatoms. The minimum Gasteiger partial charge on any atom is -0.481 e. The third-order valence-electron chi connectivity index (χ3n) is 4.78. The van der Waals surface area contributed by atoms with E-state index in [-0.39, 0.29) is 17.7 Å². The highest BCUT2D eigenvalue weighted by Gasteiger charge is 2.36. The standard InChI is InChI=1S/C17H22BrFO2/c1-10(2)11-4-6-15(17(20)21)13(7-11)8-12-3-5-14(18)9-16(12)19/h3,5,9-11,13,15H,4,6-8H2,1-2H3,(H,20,21). The molecular formula is C17H22BrFO2. The lowest BCUT2D eigenvalue weighted by atomic mass is 9.69. The molecule has 0 amide bonds. The zero-order valence-corrected chi connectivity index (χ0v) is 14.1. The van der Waals surface area contributed by atoms with Crippen LogP contribution in [0.4, 0.5) is 4.39 Å². The summed E-state index contributed by atoms with van der Waals surface area (Å²) >= 11 is 3.25. The Hall–Kier alpha value is -0.900. The van der Waals surface area contributed by atoms with Crippen molar-refractivity contribution in [2.24, 2.45) is 23.7 Å². The van der Waals surface area contributed by atoms with Crippen LogP contribution in [-0.4, -0.2) is 11.1 Å². The molecule has 1 aromatic carbocycles. The molecule has 21 heavy (non-hydrogen) atoms. The molecule has 1 aromatic rings. The van der Waals surface area contributed by atoms with Crippen molar-refractivity contribution >= 4 is 21.9 Å². The number of halogens is 2. The van der Waals surface area contributed by atoms with E-state index in [2.05, 4.69) is 29.8 Å². The van der Waals surface area contributed by atoms with E-state index in [9.17, 15) is 14.3 Å². The summed E-state index contributed by atoms with van der Waals surface area (Å²) in [5.74, 6) is -0.205. The monoisotopic (exact) mass is 356 g/mol. The van der Waals surface area contributed by atoms with Gasteiger partial charge in [0.25, 0.3) is 0 Å². The van der Waals surface area contributed by atoms with Gasteiger partial charge < -0.3 is 5.11 Å². The zero-order valence-electron chi connectivity index (χ0n) is 12.5. The van der Waals surface area contributed by atoms with Gasteiger partial charge in [-0.3, -0.25) is 4.79 Å². The summed E-state index contributed by atoms with van der Waals surface area (Å²) in [6, 6.07) is 5.03. The smallest absolute Gasteiger partial charge is 0.306 e. The summed E-state index contributed by atoms with van der Waals surface area (Å²) in [6.45, 7) is 4.37. The molecule has 0 radical (unpaired) electrons. The number of hydrogen-bond donors (Lipinski definition) is 1. The van der Waals surface area contributed by atoms with Crippen molar-refractivity contribution in [2.45, 2.75) is 39.5 Å². The van der Waals surface area contributed by atoms with Crippen LogP contribution < -0.4 is 0 Å². The normalized spacial score (nSPS) is 26.0. The van der Waals surface area contributed by atoms with Gasteiger partial charge in [-0.05, 0) is 61.1 Å². The van der Waals surface area contributed by atoms with Crippen LogP contribution in [0.2, 0.25) is 0 Å². The Morgan fingerprint density at radius 3 is 2.71 bits per heavy atom. The molecule has 0 bridgehead atoms. The van der Waals surface area contributed by atoms with Gasteiger partial charge in [0.2, 0.25) is 0 Å². The topological polar surface area (TPSA) is 37.3 Å². The first-order valence-electron chi connectivity index (χ1n) is 7.55. The van der Waals surface area contributed by atoms with Gasteiger partial charge in [0.05, 0.1) is 5.92 Å². The molecule has 0 heterocycles. The van der Waals surface area contributed by atoms with Crippen LogP contribution in [0.5, 0.6) is 0 Å². The summed E-state index contributed by atoms with van der Waals surface area (Å²) < 4.78 is 14.7. The Bertz CT molecular complexity index is 516. The number of carboxylic acid groups (broad SMARTS) is 1. The van der Waals surface area contributed by atoms with Crippen molar-refractivity contribution in [2.75, 3.05) is 0 Å². The second-order valence-corrected chi connectivity index (χ2v) is 7.38. The maximum Gasteiger partial charge on any atom is 0.306 e. The molecule has 1 aliphatic carbocycles. The van der Waals surface area contributed by atoms with E-state index in [1.807, 2.05) is 6.07 Å². The second kappa shape index (κ2) is 6.91. The van der Waals surface area contributed by atoms with E-state index in [0.29, 0.717) is 34.7 Å². The highest BCUT2D eigenvalue weighted by atomic mass is 79.9. The van der Waals surface area contributed by atoms with Gasteiger partial charge >= 0.3 is 5.97 Å². The number of hydrogen-bond acceptors (Lipinski definition) is 1. The number of benzene rings is 1. The second-order valence-electron chi connectivity index (χ2n) is 6.46. The third kappa shape index (κ3) is 4.06. The number of rotatable bonds is 4. The highest BCUT2D eigenvalue weighted by Crippen LogP contribution is 2.39. The zero-order chi connectivity index (χ0) is 15.6. The Balaban J connectivity index is 2.17. The fourth-order valence-electron chi connectivity index (χ4n) is 3.43. The molecule has 1 aliphatic rings. The molecular weight excluding hydrogens is 335 g/mol. The lowest BCUT2D eigenvalue weighted by Crippen LogP contribution is -2.33. The fourth-order valence-corrected chi connectivity index (χ4v) is 3.76. The van der Waals surface area contributed by atoms with Crippen LogP contribution in [0.1, 0.15) is 38.7 Å². The summed E-state index contributed by atoms with van der Waals surface area (Å²) in [5.41, 5.74) is 0.624. The molecule has 2 nitrogen and oxygen atoms in total. The average molecular weight is 357 g/mol. The van der Waals surface area contributed by atoms with Crippen LogP contribution in [0.25, 0.3) is 0 Å². The first-order valence-corrected chi connectivity index (χ1v) is 8.34. The molecule has 1 fully saturated rings. The van der Waals surface area contributed by atoms with Crippen LogP contribution in [0.3, 0.4) is 0 Å². The molecule has 2 rings (SSSR count). The Morgan fingerprint density at radius 2 is 2.14 bits per heavy atom. The summed E-state index contributed by atoms with van der Waals surface area (Å²) in [4.78, 5) is 11.5. The lowest BCUT2D eigenvalue weighted by molar-refractivity contribution is -0.145. The first kappa shape index (κ1) is 16.5. The van der Waals surface area contributed by atoms with Gasteiger partial charge in [0, 0.05) is 4.47 Å². The van der Waals surface area contributed by atoms with Crippen molar-refractivity contribution < 1.29 is 14.3 Å². The van der Waals surface area contributed by atoms with Crippen LogP contribution in [-0.2, 0) is 11.2 Å². The van der Waals surface area contributed by atoms with E-state index in [4.69, 9.17) is 0 Å². The lowest BCUT2D eigenvalue weighted by Gasteiger charge is -2.36. The van der Waals surface area contributed by atoms with Crippen molar-refractivity contribution in [1.82, 2.24) is 0 Å². The predicted octanol–water partition coefficient (Wildman–Crippen LogP) is 4.90. The number of carboxylic acids is 1. The van der Waals surface area contributed by atoms with E-state index in [0.717, 1.165) is 12.8 Å². The summed E-state index contributed by atoms with van der Waals surface area (Å²) in [6.07, 6.45) is 3.07. The van der Waals surface area contributed by atoms with Crippen molar-refractivity contribution in [3.63, 3.8) is 0 Å². The predicted molar refractivity (Wildman–Crippen MR) is 84.6 cm³/mol. The molecule has 3 atom stereocenters. The highest BCUT2D eigenvalue weighted by molar-refractivity contribution is 9.10. The third-order valence-corrected chi connectivity index (χ3v) is 5.27. The molecule has 3 unspecified atom stereocenters. The van der Waals surface area contributed by atoms with Gasteiger partial charge in [-0.15, -0.1) is 0 Å². The molecule has 1 saturated carbocycles. The minimum absolute atomic E-state index is 0.0272. The number of aliphatic carboxylic acids is 1. The van der Waals surface area contributed by atoms with E-state index in [1.165, 1.54) is 6.07 Å². The Morgan fingerprint density at radius 1 is 1.43 bits per heavy atom. The van der Waals surface area contributed by atoms with Crippen LogP contribution >= 0.6 is 15.9 Å². The van der Waals surface area contributed by atoms with Gasteiger partial charge in [0.15, 0.2) is 0 Å². The van der Waals surface area contributed by atoms with Gasteiger partial charge in [-0.2, -0.15) is 0 Å². The van der Waals surface area contributed by atoms with E-state index in [1.54, 1.807) is 6.07 Å². The Kier molecular flexibility index (Phi) is 5.42. The van der Waals surface area contributed by atoms with Crippen molar-refractivity contribution in [1.29, 1.82) is 0 Å². The van der Waals surface area contributed by atoms with Gasteiger partial charge in [-0.1, -0.05) is 35.8 Å². The van der Waals surface area contributed by atoms with Crippen molar-refractivity contribution in [3.05, 3.63) is 34.1 Å². The summed E-state index contributed by atoms with van der Waals surface area (Å²) in [7, 11) is 0. The van der Waals surface area contributed by atoms with E-state index >= 15 is 0 Å². The summed E-state index contributed by atoms with van der Waals surface area (Å²) in [5, 5.41) is 9.42. The van der Waals surface area contributed by atoms with Crippen LogP contribution in [0, 0.1) is 29.5 Å². The molecule has 1 N–H and O–H groups in total.